The largest absolute Gasteiger partial charge is 0.481 e. The standard InChI is InChI=1S/2C27H24N8O/c2*1-34-11-8-17-4-5-18(12-23(17)34)21-13-20(14-22-27(21)29-10-9-28-22)32-26(24-16-31-33-35(24)2)19-6-7-25(36-3)30-15-19/h2*4-16,26,32H,1-3H3/t2*26-/m10/s1. The van der Waals surface area contributed by atoms with Crippen molar-refractivity contribution in [3.8, 4) is 34.0 Å². The number of pyridine rings is 2. The molecular formula is C54H48N16O2. The molecule has 0 aliphatic rings. The summed E-state index contributed by atoms with van der Waals surface area (Å²) in [5.41, 5.74) is 15.3. The van der Waals surface area contributed by atoms with Crippen LogP contribution in [0.3, 0.4) is 0 Å². The summed E-state index contributed by atoms with van der Waals surface area (Å²) < 4.78 is 18.3. The summed E-state index contributed by atoms with van der Waals surface area (Å²) in [6.45, 7) is 0. The number of anilines is 2. The van der Waals surface area contributed by atoms with Crippen molar-refractivity contribution in [3.05, 3.63) is 182 Å². The topological polar surface area (TPSA) is 191 Å². The summed E-state index contributed by atoms with van der Waals surface area (Å²) in [6, 6.07) is 32.6. The highest BCUT2D eigenvalue weighted by Crippen LogP contribution is 2.37. The summed E-state index contributed by atoms with van der Waals surface area (Å²) in [5, 5.41) is 26.2. The lowest BCUT2D eigenvalue weighted by atomic mass is 10.0. The van der Waals surface area contributed by atoms with E-state index in [0.717, 1.165) is 89.2 Å². The van der Waals surface area contributed by atoms with E-state index in [9.17, 15) is 0 Å². The van der Waals surface area contributed by atoms with Crippen LogP contribution in [-0.4, -0.2) is 83.2 Å². The average molecular weight is 953 g/mol. The van der Waals surface area contributed by atoms with Crippen LogP contribution >= 0.6 is 0 Å². The van der Waals surface area contributed by atoms with Crippen LogP contribution in [0, 0.1) is 0 Å². The molecule has 0 radical (unpaired) electrons. The predicted octanol–water partition coefficient (Wildman–Crippen LogP) is 9.04. The zero-order valence-electron chi connectivity index (χ0n) is 40.2. The lowest BCUT2D eigenvalue weighted by Crippen LogP contribution is -2.16. The van der Waals surface area contributed by atoms with Gasteiger partial charge >= 0.3 is 0 Å². The summed E-state index contributed by atoms with van der Waals surface area (Å²) in [4.78, 5) is 27.4. The van der Waals surface area contributed by atoms with Crippen LogP contribution in [0.25, 0.3) is 66.1 Å². The van der Waals surface area contributed by atoms with Crippen LogP contribution in [0.15, 0.2) is 159 Å². The minimum atomic E-state index is -0.249. The number of ether oxygens (including phenoxy) is 2. The van der Waals surface area contributed by atoms with Crippen molar-refractivity contribution in [2.45, 2.75) is 12.1 Å². The predicted molar refractivity (Wildman–Crippen MR) is 277 cm³/mol. The molecule has 12 aromatic rings. The van der Waals surface area contributed by atoms with Crippen LogP contribution in [0.4, 0.5) is 11.4 Å². The Morgan fingerprint density at radius 1 is 0.458 bits per heavy atom. The summed E-state index contributed by atoms with van der Waals surface area (Å²) in [6.07, 6.45) is 18.1. The molecule has 8 aromatic heterocycles. The fourth-order valence-corrected chi connectivity index (χ4v) is 9.09. The molecule has 0 spiro atoms. The van der Waals surface area contributed by atoms with Crippen LogP contribution in [-0.2, 0) is 28.2 Å². The Kier molecular flexibility index (Phi) is 11.9. The normalized spacial score (nSPS) is 12.2. The lowest BCUT2D eigenvalue weighted by Gasteiger charge is -2.21. The van der Waals surface area contributed by atoms with Gasteiger partial charge in [0.25, 0.3) is 0 Å². The summed E-state index contributed by atoms with van der Waals surface area (Å²) in [7, 11) is 11.1. The number of aromatic nitrogens is 14. The van der Waals surface area contributed by atoms with Gasteiger partial charge in [0.1, 0.15) is 0 Å². The number of benzene rings is 4. The van der Waals surface area contributed by atoms with Gasteiger partial charge in [0.05, 0.1) is 72.2 Å². The molecule has 0 amide bonds. The highest BCUT2D eigenvalue weighted by Gasteiger charge is 2.23. The van der Waals surface area contributed by atoms with Gasteiger partial charge in [-0.3, -0.25) is 19.9 Å². The molecule has 18 nitrogen and oxygen atoms in total. The summed E-state index contributed by atoms with van der Waals surface area (Å²) >= 11 is 0. The number of hydrogen-bond acceptors (Lipinski definition) is 14. The first-order valence-electron chi connectivity index (χ1n) is 23.0. The Morgan fingerprint density at radius 2 is 0.903 bits per heavy atom. The van der Waals surface area contributed by atoms with Gasteiger partial charge in [-0.15, -0.1) is 10.2 Å². The fourth-order valence-electron chi connectivity index (χ4n) is 9.09. The van der Waals surface area contributed by atoms with Gasteiger partial charge in [0.15, 0.2) is 0 Å². The van der Waals surface area contributed by atoms with Crippen LogP contribution in [0.5, 0.6) is 11.8 Å². The van der Waals surface area contributed by atoms with E-state index >= 15 is 0 Å². The second-order valence-corrected chi connectivity index (χ2v) is 17.3. The zero-order chi connectivity index (χ0) is 49.3. The van der Waals surface area contributed by atoms with E-state index < -0.39 is 0 Å². The second-order valence-electron chi connectivity index (χ2n) is 17.3. The van der Waals surface area contributed by atoms with Gasteiger partial charge in [-0.05, 0) is 93.7 Å². The number of nitrogens with zero attached hydrogens (tertiary/aromatic N) is 14. The lowest BCUT2D eigenvalue weighted by molar-refractivity contribution is 0.397. The monoisotopic (exact) mass is 952 g/mol. The molecule has 0 saturated heterocycles. The maximum Gasteiger partial charge on any atom is 0.212 e. The third-order valence-electron chi connectivity index (χ3n) is 12.9. The Morgan fingerprint density at radius 3 is 1.29 bits per heavy atom. The molecule has 0 saturated carbocycles. The molecule has 12 rings (SSSR count). The van der Waals surface area contributed by atoms with Crippen molar-refractivity contribution in [1.82, 2.24) is 69.0 Å². The Labute approximate surface area is 413 Å². The number of rotatable bonds is 12. The average Bonchev–Trinajstić information content (AvgIpc) is 4.24. The maximum atomic E-state index is 5.25. The number of fused-ring (bicyclic) bond motifs is 4. The van der Waals surface area contributed by atoms with Gasteiger partial charge in [0, 0.05) is 123 Å². The minimum Gasteiger partial charge on any atom is -0.481 e. The first-order chi connectivity index (χ1) is 35.2. The van der Waals surface area contributed by atoms with Crippen molar-refractivity contribution in [2.24, 2.45) is 28.2 Å². The molecule has 4 aromatic carbocycles. The molecule has 18 heteroatoms. The first kappa shape index (κ1) is 44.9. The number of nitrogens with one attached hydrogen (secondary N) is 2. The molecule has 0 aliphatic carbocycles. The SMILES string of the molecule is COc1ccc([C@@H](Nc2cc(-c3ccc4ccn(C)c4c3)c3nccnc3c2)c2cnnn2C)cn1.COc1ccc([C@H](Nc2cc(-c3ccc4ccn(C)c4c3)c3nccnc3c2)c2cnnn2C)cn1. The quantitative estimate of drug-likeness (QED) is 0.118. The van der Waals surface area contributed by atoms with E-state index in [-0.39, 0.29) is 12.1 Å². The molecule has 2 atom stereocenters. The molecule has 0 bridgehead atoms. The van der Waals surface area contributed by atoms with E-state index in [1.165, 1.54) is 10.8 Å². The first-order valence-corrected chi connectivity index (χ1v) is 23.0. The smallest absolute Gasteiger partial charge is 0.212 e. The van der Waals surface area contributed by atoms with E-state index in [2.05, 4.69) is 157 Å². The van der Waals surface area contributed by atoms with Crippen LogP contribution in [0.2, 0.25) is 0 Å². The highest BCUT2D eigenvalue weighted by atomic mass is 16.5. The van der Waals surface area contributed by atoms with Crippen molar-refractivity contribution in [1.29, 1.82) is 0 Å². The Balaban J connectivity index is 0.000000156. The molecule has 72 heavy (non-hydrogen) atoms. The summed E-state index contributed by atoms with van der Waals surface area (Å²) in [5.74, 6) is 1.11. The fraction of sp³-hybridized carbons (Fsp3) is 0.148. The van der Waals surface area contributed by atoms with Crippen LogP contribution < -0.4 is 20.1 Å². The van der Waals surface area contributed by atoms with E-state index in [0.29, 0.717) is 11.8 Å². The maximum absolute atomic E-state index is 5.25. The van der Waals surface area contributed by atoms with Crippen molar-refractivity contribution in [2.75, 3.05) is 24.9 Å². The molecule has 356 valence electrons. The molecular weight excluding hydrogens is 905 g/mol. The minimum absolute atomic E-state index is 0.249. The Bertz CT molecular complexity index is 3630. The van der Waals surface area contributed by atoms with Gasteiger partial charge < -0.3 is 29.2 Å². The molecule has 0 unspecified atom stereocenters. The van der Waals surface area contributed by atoms with Gasteiger partial charge in [-0.1, -0.05) is 34.7 Å². The van der Waals surface area contributed by atoms with Crippen molar-refractivity contribution in [3.63, 3.8) is 0 Å². The number of aryl methyl sites for hydroxylation is 4. The highest BCUT2D eigenvalue weighted by molar-refractivity contribution is 5.98. The zero-order valence-corrected chi connectivity index (χ0v) is 40.2. The van der Waals surface area contributed by atoms with Gasteiger partial charge in [-0.25, -0.2) is 19.3 Å². The van der Waals surface area contributed by atoms with E-state index in [4.69, 9.17) is 9.47 Å². The van der Waals surface area contributed by atoms with Crippen molar-refractivity contribution >= 4 is 55.2 Å². The molecule has 0 fully saturated rings. The molecule has 0 aliphatic heterocycles. The van der Waals surface area contributed by atoms with Crippen molar-refractivity contribution < 1.29 is 9.47 Å². The molecule has 2 N–H and O–H groups in total. The van der Waals surface area contributed by atoms with Gasteiger partial charge in [-0.2, -0.15) is 0 Å². The van der Waals surface area contributed by atoms with E-state index in [1.54, 1.807) is 73.2 Å². The third-order valence-corrected chi connectivity index (χ3v) is 12.9. The number of methoxy groups -OCH3 is 2. The third kappa shape index (κ3) is 8.72. The van der Waals surface area contributed by atoms with Crippen LogP contribution in [0.1, 0.15) is 34.6 Å². The Hall–Kier alpha value is -9.58. The second kappa shape index (κ2) is 19.1. The molecule has 8 heterocycles. The van der Waals surface area contributed by atoms with Gasteiger partial charge in [0.2, 0.25) is 11.8 Å². The van der Waals surface area contributed by atoms with E-state index in [1.807, 2.05) is 50.5 Å². The number of hydrogen-bond donors (Lipinski definition) is 2.